The number of piperazine rings is 1. The topological polar surface area (TPSA) is 156 Å². The number of hydrogen-bond acceptors (Lipinski definition) is 10. The van der Waals surface area contributed by atoms with Crippen LogP contribution in [0.15, 0.2) is 36.7 Å². The number of nitrogens with two attached hydrogens (primary N) is 1. The minimum atomic E-state index is -0.516. The molecule has 13 heteroatoms. The van der Waals surface area contributed by atoms with E-state index < -0.39 is 6.09 Å². The zero-order chi connectivity index (χ0) is 26.7. The van der Waals surface area contributed by atoms with Crippen LogP contribution in [0.5, 0.6) is 0 Å². The summed E-state index contributed by atoms with van der Waals surface area (Å²) >= 11 is 0. The molecule has 0 spiro atoms. The minimum Gasteiger partial charge on any atom is -0.447 e. The Labute approximate surface area is 215 Å². The molecule has 0 radical (unpaired) electrons. The second-order valence-corrected chi connectivity index (χ2v) is 9.25. The third-order valence-electron chi connectivity index (χ3n) is 5.82. The van der Waals surface area contributed by atoms with Crippen molar-refractivity contribution < 1.29 is 14.3 Å². The number of hydrogen-bond donors (Lipinski definition) is 3. The minimum absolute atomic E-state index is 0.0503. The molecule has 3 heterocycles. The van der Waals surface area contributed by atoms with E-state index in [4.69, 9.17) is 10.5 Å². The lowest BCUT2D eigenvalue weighted by Crippen LogP contribution is -2.58. The van der Waals surface area contributed by atoms with E-state index in [1.807, 2.05) is 18.7 Å². The van der Waals surface area contributed by atoms with Crippen LogP contribution in [-0.2, 0) is 9.53 Å². The van der Waals surface area contributed by atoms with Crippen LogP contribution in [0.1, 0.15) is 34.6 Å². The second kappa shape index (κ2) is 10.7. The summed E-state index contributed by atoms with van der Waals surface area (Å²) in [7, 11) is 0. The summed E-state index contributed by atoms with van der Waals surface area (Å²) in [5, 5.41) is 10.2. The van der Waals surface area contributed by atoms with Crippen molar-refractivity contribution in [2.45, 2.75) is 52.8 Å². The average Bonchev–Trinajstić information content (AvgIpc) is 3.19. The van der Waals surface area contributed by atoms with E-state index in [1.165, 1.54) is 11.0 Å². The molecular weight excluding hydrogens is 476 g/mol. The maximum Gasteiger partial charge on any atom is 0.411 e. The predicted molar refractivity (Wildman–Crippen MR) is 140 cm³/mol. The van der Waals surface area contributed by atoms with Crippen molar-refractivity contribution in [1.29, 1.82) is 0 Å². The fourth-order valence-corrected chi connectivity index (χ4v) is 4.43. The van der Waals surface area contributed by atoms with Crippen molar-refractivity contribution in [2.75, 3.05) is 34.4 Å². The number of anilines is 5. The number of nitrogen functional groups attached to an aromatic ring is 1. The first kappa shape index (κ1) is 25.7. The molecule has 1 aliphatic rings. The summed E-state index contributed by atoms with van der Waals surface area (Å²) in [6.45, 7) is 10.5. The molecule has 3 aromatic rings. The van der Waals surface area contributed by atoms with Crippen molar-refractivity contribution in [2.24, 2.45) is 0 Å². The number of nitrogens with zero attached hydrogens (tertiary/aromatic N) is 7. The molecule has 13 nitrogen and oxygen atoms in total. The lowest BCUT2D eigenvalue weighted by atomic mass is 10.1. The van der Waals surface area contributed by atoms with Gasteiger partial charge >= 0.3 is 6.09 Å². The first-order valence-electron chi connectivity index (χ1n) is 12.0. The Morgan fingerprint density at radius 2 is 1.68 bits per heavy atom. The Kier molecular flexibility index (Phi) is 7.41. The molecule has 0 bridgehead atoms. The number of aromatic nitrogens is 5. The van der Waals surface area contributed by atoms with Gasteiger partial charge in [-0.2, -0.15) is 9.67 Å². The van der Waals surface area contributed by atoms with Crippen LogP contribution in [0.4, 0.5) is 33.9 Å². The fourth-order valence-electron chi connectivity index (χ4n) is 4.43. The number of amides is 2. The summed E-state index contributed by atoms with van der Waals surface area (Å²) in [6.07, 6.45) is 0.738. The first-order valence-corrected chi connectivity index (χ1v) is 12.0. The summed E-state index contributed by atoms with van der Waals surface area (Å²) in [4.78, 5) is 40.8. The Bertz CT molecular complexity index is 1250. The molecule has 0 saturated carbocycles. The van der Waals surface area contributed by atoms with Gasteiger partial charge in [0.25, 0.3) is 0 Å². The summed E-state index contributed by atoms with van der Waals surface area (Å²) in [5.41, 5.74) is 7.44. The molecule has 2 aromatic heterocycles. The van der Waals surface area contributed by atoms with E-state index in [0.29, 0.717) is 30.3 Å². The average molecular weight is 509 g/mol. The van der Waals surface area contributed by atoms with Crippen LogP contribution in [-0.4, -0.2) is 72.9 Å². The molecule has 1 fully saturated rings. The van der Waals surface area contributed by atoms with E-state index in [0.717, 1.165) is 5.82 Å². The SMILES string of the molecule is CC(=O)N1[C@H](C)CN(c2cc(-n3nc(Nc4ccc(NC(=O)OC(C)C)cc4)nc3N)ncn2)C[C@@H]1C. The highest BCUT2D eigenvalue weighted by Crippen LogP contribution is 2.24. The fraction of sp³-hybridized carbons (Fsp3) is 0.417. The Morgan fingerprint density at radius 1 is 1.05 bits per heavy atom. The lowest BCUT2D eigenvalue weighted by molar-refractivity contribution is -0.133. The predicted octanol–water partition coefficient (Wildman–Crippen LogP) is 2.79. The van der Waals surface area contributed by atoms with Crippen LogP contribution in [0.25, 0.3) is 5.82 Å². The molecule has 0 aliphatic carbocycles. The van der Waals surface area contributed by atoms with Gasteiger partial charge in [-0.25, -0.2) is 14.8 Å². The Hall–Kier alpha value is -4.42. The smallest absolute Gasteiger partial charge is 0.411 e. The molecule has 37 heavy (non-hydrogen) atoms. The summed E-state index contributed by atoms with van der Waals surface area (Å²) in [6, 6.07) is 8.91. The van der Waals surface area contributed by atoms with E-state index >= 15 is 0 Å². The van der Waals surface area contributed by atoms with Crippen LogP contribution in [0.2, 0.25) is 0 Å². The van der Waals surface area contributed by atoms with Crippen molar-refractivity contribution in [3.63, 3.8) is 0 Å². The van der Waals surface area contributed by atoms with Gasteiger partial charge in [-0.3, -0.25) is 10.1 Å². The Balaban J connectivity index is 1.46. The molecule has 0 unspecified atom stereocenters. The van der Waals surface area contributed by atoms with E-state index in [1.54, 1.807) is 51.1 Å². The van der Waals surface area contributed by atoms with E-state index in [9.17, 15) is 9.59 Å². The highest BCUT2D eigenvalue weighted by molar-refractivity contribution is 5.85. The van der Waals surface area contributed by atoms with Crippen molar-refractivity contribution >= 4 is 41.1 Å². The van der Waals surface area contributed by atoms with Gasteiger partial charge in [0.2, 0.25) is 17.8 Å². The normalized spacial score (nSPS) is 17.6. The first-order chi connectivity index (χ1) is 17.6. The van der Waals surface area contributed by atoms with Gasteiger partial charge in [-0.15, -0.1) is 5.10 Å². The van der Waals surface area contributed by atoms with Crippen LogP contribution >= 0.6 is 0 Å². The molecule has 196 valence electrons. The van der Waals surface area contributed by atoms with Crippen LogP contribution < -0.4 is 21.3 Å². The molecule has 2 amide bonds. The standard InChI is InChI=1S/C24H32N10O3/c1-14(2)37-24(36)29-19-8-6-18(7-9-19)28-23-30-22(25)34(31-23)21-10-20(26-13-27-21)32-11-15(3)33(17(5)35)16(4)12-32/h6-10,13-16H,11-12H2,1-5H3,(H,29,36)(H3,25,28,30,31)/t15-,16+. The lowest BCUT2D eigenvalue weighted by Gasteiger charge is -2.44. The van der Waals surface area contributed by atoms with Crippen molar-refractivity contribution in [3.05, 3.63) is 36.7 Å². The third kappa shape index (κ3) is 6.05. The Morgan fingerprint density at radius 3 is 2.30 bits per heavy atom. The molecule has 2 atom stereocenters. The van der Waals surface area contributed by atoms with Gasteiger partial charge in [0.05, 0.1) is 6.10 Å². The van der Waals surface area contributed by atoms with E-state index in [2.05, 4.69) is 35.6 Å². The van der Waals surface area contributed by atoms with Gasteiger partial charge in [0.1, 0.15) is 12.1 Å². The number of carbonyl (C=O) groups excluding carboxylic acids is 2. The molecule has 1 aromatic carbocycles. The zero-order valence-electron chi connectivity index (χ0n) is 21.5. The number of rotatable bonds is 6. The molecule has 1 saturated heterocycles. The molecule has 4 N–H and O–H groups in total. The molecule has 1 aliphatic heterocycles. The van der Waals surface area contributed by atoms with Crippen molar-refractivity contribution in [3.8, 4) is 5.82 Å². The van der Waals surface area contributed by atoms with Gasteiger partial charge in [0.15, 0.2) is 5.82 Å². The van der Waals surface area contributed by atoms with Crippen molar-refractivity contribution in [1.82, 2.24) is 29.6 Å². The largest absolute Gasteiger partial charge is 0.447 e. The van der Waals surface area contributed by atoms with Gasteiger partial charge in [-0.1, -0.05) is 0 Å². The van der Waals surface area contributed by atoms with Gasteiger partial charge in [-0.05, 0) is 52.0 Å². The third-order valence-corrected chi connectivity index (χ3v) is 5.82. The molecule has 4 rings (SSSR count). The second-order valence-electron chi connectivity index (χ2n) is 9.25. The maximum atomic E-state index is 12.0. The number of ether oxygens (including phenoxy) is 1. The quantitative estimate of drug-likeness (QED) is 0.452. The zero-order valence-corrected chi connectivity index (χ0v) is 21.5. The highest BCUT2D eigenvalue weighted by atomic mass is 16.6. The van der Waals surface area contributed by atoms with E-state index in [-0.39, 0.29) is 36.0 Å². The monoisotopic (exact) mass is 508 g/mol. The van der Waals surface area contributed by atoms with Crippen LogP contribution in [0.3, 0.4) is 0 Å². The van der Waals surface area contributed by atoms with Gasteiger partial charge in [0, 0.05) is 49.5 Å². The maximum absolute atomic E-state index is 12.0. The molecular formula is C24H32N10O3. The highest BCUT2D eigenvalue weighted by Gasteiger charge is 2.31. The number of carbonyl (C=O) groups is 2. The van der Waals surface area contributed by atoms with Crippen LogP contribution in [0, 0.1) is 0 Å². The number of benzene rings is 1. The number of nitrogens with one attached hydrogen (secondary N) is 2. The summed E-state index contributed by atoms with van der Waals surface area (Å²) in [5.74, 6) is 1.70. The van der Waals surface area contributed by atoms with Gasteiger partial charge < -0.3 is 25.6 Å². The summed E-state index contributed by atoms with van der Waals surface area (Å²) < 4.78 is 6.51.